The molecule has 3 N–H and O–H groups in total. The molecule has 20 heavy (non-hydrogen) atoms. The summed E-state index contributed by atoms with van der Waals surface area (Å²) in [6.07, 6.45) is -3.07. The number of alkyl halides is 3. The van der Waals surface area contributed by atoms with Crippen molar-refractivity contribution < 1.29 is 13.2 Å². The summed E-state index contributed by atoms with van der Waals surface area (Å²) in [6, 6.07) is 7.93. The third-order valence-electron chi connectivity index (χ3n) is 2.56. The van der Waals surface area contributed by atoms with Gasteiger partial charge in [-0.15, -0.1) is 0 Å². The minimum atomic E-state index is -4.43. The lowest BCUT2D eigenvalue weighted by atomic mass is 10.2. The van der Waals surface area contributed by atoms with Crippen molar-refractivity contribution in [1.29, 1.82) is 5.26 Å². The van der Waals surface area contributed by atoms with Gasteiger partial charge in [0.2, 0.25) is 0 Å². The minimum Gasteiger partial charge on any atom is -0.395 e. The molecule has 0 aliphatic heterocycles. The maximum Gasteiger partial charge on any atom is 0.416 e. The van der Waals surface area contributed by atoms with Crippen LogP contribution < -0.4 is 11.1 Å². The number of anilines is 3. The van der Waals surface area contributed by atoms with Crippen molar-refractivity contribution in [3.63, 3.8) is 0 Å². The van der Waals surface area contributed by atoms with Gasteiger partial charge < -0.3 is 11.1 Å². The topological polar surface area (TPSA) is 74.7 Å². The van der Waals surface area contributed by atoms with E-state index in [1.54, 1.807) is 0 Å². The van der Waals surface area contributed by atoms with Crippen LogP contribution in [0.3, 0.4) is 0 Å². The molecular weight excluding hydrogens is 269 g/mol. The average Bonchev–Trinajstić information content (AvgIpc) is 2.40. The summed E-state index contributed by atoms with van der Waals surface area (Å²) in [5, 5.41) is 11.5. The molecule has 0 radical (unpaired) electrons. The van der Waals surface area contributed by atoms with Crippen LogP contribution >= 0.6 is 0 Å². The lowest BCUT2D eigenvalue weighted by molar-refractivity contribution is -0.137. The normalized spacial score (nSPS) is 10.9. The number of hydrogen-bond donors (Lipinski definition) is 2. The van der Waals surface area contributed by atoms with Crippen molar-refractivity contribution in [1.82, 2.24) is 4.98 Å². The van der Waals surface area contributed by atoms with Gasteiger partial charge in [-0.25, -0.2) is 4.98 Å². The van der Waals surface area contributed by atoms with E-state index in [1.165, 1.54) is 24.4 Å². The molecule has 7 heteroatoms. The first-order valence-corrected chi connectivity index (χ1v) is 5.50. The Hall–Kier alpha value is -2.75. The number of halogens is 3. The van der Waals surface area contributed by atoms with Gasteiger partial charge >= 0.3 is 6.18 Å². The number of nitriles is 1. The fourth-order valence-corrected chi connectivity index (χ4v) is 1.58. The Morgan fingerprint density at radius 1 is 1.25 bits per heavy atom. The van der Waals surface area contributed by atoms with Crippen LogP contribution in [0.5, 0.6) is 0 Å². The largest absolute Gasteiger partial charge is 0.416 e. The van der Waals surface area contributed by atoms with E-state index < -0.39 is 11.7 Å². The quantitative estimate of drug-likeness (QED) is 0.883. The number of nitrogens with two attached hydrogens (primary N) is 1. The van der Waals surface area contributed by atoms with Crippen LogP contribution in [0.2, 0.25) is 0 Å². The second-order valence-electron chi connectivity index (χ2n) is 3.94. The molecule has 0 spiro atoms. The highest BCUT2D eigenvalue weighted by atomic mass is 19.4. The number of rotatable bonds is 2. The summed E-state index contributed by atoms with van der Waals surface area (Å²) in [7, 11) is 0. The molecule has 0 amide bonds. The molecule has 1 heterocycles. The van der Waals surface area contributed by atoms with Gasteiger partial charge in [-0.2, -0.15) is 18.4 Å². The summed E-state index contributed by atoms with van der Waals surface area (Å²) >= 11 is 0. The molecule has 1 aromatic carbocycles. The van der Waals surface area contributed by atoms with Crippen molar-refractivity contribution in [2.24, 2.45) is 0 Å². The Balaban J connectivity index is 2.34. The van der Waals surface area contributed by atoms with E-state index in [0.29, 0.717) is 0 Å². The van der Waals surface area contributed by atoms with Crippen molar-refractivity contribution >= 4 is 17.2 Å². The SMILES string of the molecule is N#Cc1ccnc(Nc2cccc(C(F)(F)F)c2)c1N. The smallest absolute Gasteiger partial charge is 0.395 e. The molecule has 0 saturated carbocycles. The van der Waals surface area contributed by atoms with Crippen LogP contribution in [-0.2, 0) is 6.18 Å². The minimum absolute atomic E-state index is 0.0902. The number of pyridine rings is 1. The summed E-state index contributed by atoms with van der Waals surface area (Å²) in [5.41, 5.74) is 5.40. The van der Waals surface area contributed by atoms with Gasteiger partial charge in [0.05, 0.1) is 16.8 Å². The highest BCUT2D eigenvalue weighted by Gasteiger charge is 2.30. The Labute approximate surface area is 112 Å². The summed E-state index contributed by atoms with van der Waals surface area (Å²) in [4.78, 5) is 3.91. The van der Waals surface area contributed by atoms with Crippen LogP contribution in [0.1, 0.15) is 11.1 Å². The first-order valence-electron chi connectivity index (χ1n) is 5.50. The van der Waals surface area contributed by atoms with E-state index in [-0.39, 0.29) is 22.8 Å². The molecule has 1 aromatic heterocycles. The monoisotopic (exact) mass is 278 g/mol. The maximum atomic E-state index is 12.6. The van der Waals surface area contributed by atoms with Crippen molar-refractivity contribution in [3.05, 3.63) is 47.7 Å². The molecule has 0 atom stereocenters. The molecule has 0 saturated heterocycles. The Kier molecular flexibility index (Phi) is 3.48. The van der Waals surface area contributed by atoms with Crippen molar-refractivity contribution in [3.8, 4) is 6.07 Å². The number of nitrogens with zero attached hydrogens (tertiary/aromatic N) is 2. The lowest BCUT2D eigenvalue weighted by Crippen LogP contribution is -2.06. The lowest BCUT2D eigenvalue weighted by Gasteiger charge is -2.11. The standard InChI is InChI=1S/C13H9F3N4/c14-13(15,16)9-2-1-3-10(6-9)20-12-11(18)8(7-17)4-5-19-12/h1-6H,18H2,(H,19,20). The van der Waals surface area contributed by atoms with E-state index in [9.17, 15) is 13.2 Å². The van der Waals surface area contributed by atoms with Gasteiger partial charge in [0.1, 0.15) is 6.07 Å². The van der Waals surface area contributed by atoms with Gasteiger partial charge in [-0.3, -0.25) is 0 Å². The van der Waals surface area contributed by atoms with E-state index in [0.717, 1.165) is 12.1 Å². The average molecular weight is 278 g/mol. The molecule has 0 aliphatic rings. The predicted molar refractivity (Wildman–Crippen MR) is 68.1 cm³/mol. The zero-order valence-corrected chi connectivity index (χ0v) is 10.1. The summed E-state index contributed by atoms with van der Waals surface area (Å²) < 4.78 is 37.8. The molecule has 0 fully saturated rings. The number of benzene rings is 1. The number of nitrogens with one attached hydrogen (secondary N) is 1. The second-order valence-corrected chi connectivity index (χ2v) is 3.94. The van der Waals surface area contributed by atoms with Gasteiger partial charge in [0.25, 0.3) is 0 Å². The summed E-state index contributed by atoms with van der Waals surface area (Å²) in [6.45, 7) is 0. The molecule has 0 bridgehead atoms. The van der Waals surface area contributed by atoms with Gasteiger partial charge in [-0.05, 0) is 24.3 Å². The van der Waals surface area contributed by atoms with Gasteiger partial charge in [0, 0.05) is 11.9 Å². The van der Waals surface area contributed by atoms with Crippen LogP contribution in [-0.4, -0.2) is 4.98 Å². The number of hydrogen-bond acceptors (Lipinski definition) is 4. The molecule has 2 aromatic rings. The zero-order valence-electron chi connectivity index (χ0n) is 10.1. The number of nitrogen functional groups attached to an aromatic ring is 1. The molecule has 2 rings (SSSR count). The maximum absolute atomic E-state index is 12.6. The van der Waals surface area contributed by atoms with Crippen LogP contribution in [0.25, 0.3) is 0 Å². The van der Waals surface area contributed by atoms with Crippen LogP contribution in [0, 0.1) is 11.3 Å². The Bertz CT molecular complexity index is 674. The summed E-state index contributed by atoms with van der Waals surface area (Å²) in [5.74, 6) is 0.142. The molecule has 102 valence electrons. The first-order chi connectivity index (χ1) is 9.41. The molecule has 0 unspecified atom stereocenters. The molecular formula is C13H9F3N4. The zero-order chi connectivity index (χ0) is 14.8. The van der Waals surface area contributed by atoms with Crippen molar-refractivity contribution in [2.75, 3.05) is 11.1 Å². The predicted octanol–water partition coefficient (Wildman–Crippen LogP) is 3.30. The Morgan fingerprint density at radius 3 is 2.65 bits per heavy atom. The first kappa shape index (κ1) is 13.7. The van der Waals surface area contributed by atoms with Crippen LogP contribution in [0.4, 0.5) is 30.4 Å². The third-order valence-corrected chi connectivity index (χ3v) is 2.56. The van der Waals surface area contributed by atoms with Crippen molar-refractivity contribution in [2.45, 2.75) is 6.18 Å². The van der Waals surface area contributed by atoms with Crippen LogP contribution in [0.15, 0.2) is 36.5 Å². The molecule has 4 nitrogen and oxygen atoms in total. The number of aromatic nitrogens is 1. The molecule has 0 aliphatic carbocycles. The Morgan fingerprint density at radius 2 is 2.00 bits per heavy atom. The van der Waals surface area contributed by atoms with Gasteiger partial charge in [-0.1, -0.05) is 6.07 Å². The van der Waals surface area contributed by atoms with E-state index in [1.807, 2.05) is 6.07 Å². The highest BCUT2D eigenvalue weighted by molar-refractivity contribution is 5.73. The fraction of sp³-hybridized carbons (Fsp3) is 0.0769. The fourth-order valence-electron chi connectivity index (χ4n) is 1.58. The van der Waals surface area contributed by atoms with E-state index in [2.05, 4.69) is 10.3 Å². The van der Waals surface area contributed by atoms with E-state index >= 15 is 0 Å². The van der Waals surface area contributed by atoms with Gasteiger partial charge in [0.15, 0.2) is 5.82 Å². The second kappa shape index (κ2) is 5.09. The highest BCUT2D eigenvalue weighted by Crippen LogP contribution is 2.32. The van der Waals surface area contributed by atoms with E-state index in [4.69, 9.17) is 11.0 Å². The third kappa shape index (κ3) is 2.80.